The van der Waals surface area contributed by atoms with Gasteiger partial charge in [0.15, 0.2) is 0 Å². The third kappa shape index (κ3) is 2.43. The van der Waals surface area contributed by atoms with Gasteiger partial charge in [-0.25, -0.2) is 4.79 Å². The minimum atomic E-state index is -4.78. The van der Waals surface area contributed by atoms with Crippen molar-refractivity contribution in [3.63, 3.8) is 0 Å². The van der Waals surface area contributed by atoms with E-state index in [4.69, 9.17) is 0 Å². The highest BCUT2D eigenvalue weighted by atomic mass is 19.4. The SMILES string of the molecule is Cn1cc(C(=O)ON2C(=O)c3ccccc3C2=O)c(C(F)(F)F)c1. The Morgan fingerprint density at radius 1 is 1.04 bits per heavy atom. The fraction of sp³-hybridized carbons (Fsp3) is 0.133. The molecule has 0 aliphatic carbocycles. The molecule has 0 bridgehead atoms. The van der Waals surface area contributed by atoms with E-state index in [2.05, 4.69) is 4.84 Å². The summed E-state index contributed by atoms with van der Waals surface area (Å²) in [6.07, 6.45) is -3.17. The molecule has 1 aromatic heterocycles. The molecule has 2 aromatic rings. The number of hydrogen-bond donors (Lipinski definition) is 0. The lowest BCUT2D eigenvalue weighted by Gasteiger charge is -2.13. The molecule has 124 valence electrons. The summed E-state index contributed by atoms with van der Waals surface area (Å²) >= 11 is 0. The standard InChI is InChI=1S/C15H9F3N2O4/c1-19-6-10(11(7-19)15(16,17)18)14(23)24-20-12(21)8-4-2-3-5-9(8)13(20)22/h2-7H,1H3. The zero-order valence-corrected chi connectivity index (χ0v) is 12.1. The number of halogens is 3. The van der Waals surface area contributed by atoms with Crippen LogP contribution in [0.2, 0.25) is 0 Å². The first kappa shape index (κ1) is 15.8. The summed E-state index contributed by atoms with van der Waals surface area (Å²) in [5.41, 5.74) is -1.98. The quantitative estimate of drug-likeness (QED) is 0.789. The molecule has 0 saturated heterocycles. The van der Waals surface area contributed by atoms with E-state index in [1.165, 1.54) is 31.3 Å². The number of carbonyl (C=O) groups excluding carboxylic acids is 3. The van der Waals surface area contributed by atoms with Gasteiger partial charge in [-0.3, -0.25) is 9.59 Å². The molecule has 1 aromatic carbocycles. The summed E-state index contributed by atoms with van der Waals surface area (Å²) in [5, 5.41) is 0.167. The summed E-state index contributed by atoms with van der Waals surface area (Å²) < 4.78 is 39.8. The van der Waals surface area contributed by atoms with E-state index in [-0.39, 0.29) is 16.2 Å². The first-order valence-corrected chi connectivity index (χ1v) is 6.63. The summed E-state index contributed by atoms with van der Waals surface area (Å²) in [6, 6.07) is 5.72. The van der Waals surface area contributed by atoms with Crippen LogP contribution < -0.4 is 0 Å². The molecule has 1 aliphatic heterocycles. The van der Waals surface area contributed by atoms with Gasteiger partial charge in [0.25, 0.3) is 11.8 Å². The highest BCUT2D eigenvalue weighted by Crippen LogP contribution is 2.33. The molecule has 24 heavy (non-hydrogen) atoms. The van der Waals surface area contributed by atoms with Crippen molar-refractivity contribution < 1.29 is 32.4 Å². The lowest BCUT2D eigenvalue weighted by molar-refractivity contribution is -0.138. The molecular weight excluding hydrogens is 329 g/mol. The second-order valence-corrected chi connectivity index (χ2v) is 5.08. The van der Waals surface area contributed by atoms with Gasteiger partial charge in [-0.15, -0.1) is 0 Å². The van der Waals surface area contributed by atoms with E-state index in [0.29, 0.717) is 6.20 Å². The Morgan fingerprint density at radius 2 is 1.58 bits per heavy atom. The number of hydroxylamine groups is 2. The van der Waals surface area contributed by atoms with Crippen molar-refractivity contribution >= 4 is 17.8 Å². The Balaban J connectivity index is 1.90. The van der Waals surface area contributed by atoms with Crippen LogP contribution >= 0.6 is 0 Å². The van der Waals surface area contributed by atoms with Crippen molar-refractivity contribution in [2.24, 2.45) is 7.05 Å². The molecule has 0 fully saturated rings. The average Bonchev–Trinajstić information content (AvgIpc) is 3.02. The zero-order chi connectivity index (χ0) is 17.6. The molecular formula is C15H9F3N2O4. The minimum absolute atomic E-state index is 0.0133. The normalized spacial score (nSPS) is 14.1. The maximum atomic E-state index is 12.9. The molecule has 1 aliphatic rings. The van der Waals surface area contributed by atoms with E-state index in [0.717, 1.165) is 10.8 Å². The number of imide groups is 1. The van der Waals surface area contributed by atoms with E-state index in [1.54, 1.807) is 0 Å². The monoisotopic (exact) mass is 338 g/mol. The van der Waals surface area contributed by atoms with Gasteiger partial charge in [-0.05, 0) is 12.1 Å². The Labute approximate surface area is 133 Å². The predicted octanol–water partition coefficient (Wildman–Crippen LogP) is 2.41. The third-order valence-corrected chi connectivity index (χ3v) is 3.41. The fourth-order valence-corrected chi connectivity index (χ4v) is 2.35. The molecule has 0 saturated carbocycles. The largest absolute Gasteiger partial charge is 0.418 e. The molecule has 6 nitrogen and oxygen atoms in total. The third-order valence-electron chi connectivity index (χ3n) is 3.41. The highest BCUT2D eigenvalue weighted by Gasteiger charge is 2.41. The Bertz CT molecular complexity index is 835. The van der Waals surface area contributed by atoms with E-state index < -0.39 is 35.1 Å². The average molecular weight is 338 g/mol. The molecule has 3 rings (SSSR count). The molecule has 2 heterocycles. The van der Waals surface area contributed by atoms with Crippen LogP contribution in [0.5, 0.6) is 0 Å². The van der Waals surface area contributed by atoms with Crippen molar-refractivity contribution in [3.8, 4) is 0 Å². The molecule has 9 heteroatoms. The number of fused-ring (bicyclic) bond motifs is 1. The molecule has 0 atom stereocenters. The van der Waals surface area contributed by atoms with Gasteiger partial charge in [-0.1, -0.05) is 17.2 Å². The van der Waals surface area contributed by atoms with Crippen LogP contribution in [-0.4, -0.2) is 27.4 Å². The second-order valence-electron chi connectivity index (χ2n) is 5.08. The lowest BCUT2D eigenvalue weighted by Crippen LogP contribution is -2.33. The first-order chi connectivity index (χ1) is 11.2. The van der Waals surface area contributed by atoms with Crippen LogP contribution in [0.4, 0.5) is 13.2 Å². The summed E-state index contributed by atoms with van der Waals surface area (Å²) in [5.74, 6) is -3.26. The Kier molecular flexibility index (Phi) is 3.43. The highest BCUT2D eigenvalue weighted by molar-refractivity contribution is 6.21. The Hall–Kier alpha value is -3.10. The summed E-state index contributed by atoms with van der Waals surface area (Å²) in [6.45, 7) is 0. The zero-order valence-electron chi connectivity index (χ0n) is 12.1. The second kappa shape index (κ2) is 5.22. The number of benzene rings is 1. The first-order valence-electron chi connectivity index (χ1n) is 6.63. The van der Waals surface area contributed by atoms with Crippen molar-refractivity contribution in [1.29, 1.82) is 0 Å². The van der Waals surface area contributed by atoms with Crippen molar-refractivity contribution in [2.75, 3.05) is 0 Å². The summed E-state index contributed by atoms with van der Waals surface area (Å²) in [4.78, 5) is 40.8. The van der Waals surface area contributed by atoms with Crippen molar-refractivity contribution in [1.82, 2.24) is 9.63 Å². The molecule has 0 radical (unpaired) electrons. The molecule has 0 spiro atoms. The van der Waals surface area contributed by atoms with Crippen molar-refractivity contribution in [2.45, 2.75) is 6.18 Å². The van der Waals surface area contributed by atoms with Gasteiger partial charge in [0, 0.05) is 19.4 Å². The van der Waals surface area contributed by atoms with Gasteiger partial charge >= 0.3 is 12.1 Å². The van der Waals surface area contributed by atoms with Gasteiger partial charge in [0.05, 0.1) is 22.3 Å². The number of amides is 2. The van der Waals surface area contributed by atoms with Crippen LogP contribution in [-0.2, 0) is 18.1 Å². The van der Waals surface area contributed by atoms with Crippen molar-refractivity contribution in [3.05, 3.63) is 58.9 Å². The maximum absolute atomic E-state index is 12.9. The molecule has 0 unspecified atom stereocenters. The number of rotatable bonds is 2. The number of aryl methyl sites for hydroxylation is 1. The lowest BCUT2D eigenvalue weighted by atomic mass is 10.1. The van der Waals surface area contributed by atoms with Crippen LogP contribution in [0, 0.1) is 0 Å². The number of aromatic nitrogens is 1. The number of carbonyl (C=O) groups is 3. The predicted molar refractivity (Wildman–Crippen MR) is 72.8 cm³/mol. The minimum Gasteiger partial charge on any atom is -0.356 e. The number of nitrogens with zero attached hydrogens (tertiary/aromatic N) is 2. The smallest absolute Gasteiger partial charge is 0.356 e. The van der Waals surface area contributed by atoms with E-state index in [1.807, 2.05) is 0 Å². The van der Waals surface area contributed by atoms with Crippen LogP contribution in [0.15, 0.2) is 36.7 Å². The maximum Gasteiger partial charge on any atom is 0.418 e. The Morgan fingerprint density at radius 3 is 2.08 bits per heavy atom. The topological polar surface area (TPSA) is 68.6 Å². The molecule has 0 N–H and O–H groups in total. The van der Waals surface area contributed by atoms with Gasteiger partial charge in [0.1, 0.15) is 0 Å². The van der Waals surface area contributed by atoms with E-state index >= 15 is 0 Å². The van der Waals surface area contributed by atoms with Gasteiger partial charge < -0.3 is 9.40 Å². The van der Waals surface area contributed by atoms with E-state index in [9.17, 15) is 27.6 Å². The van der Waals surface area contributed by atoms with Gasteiger partial charge in [-0.2, -0.15) is 13.2 Å². The van der Waals surface area contributed by atoms with Gasteiger partial charge in [0.2, 0.25) is 0 Å². The number of hydrogen-bond acceptors (Lipinski definition) is 4. The number of alkyl halides is 3. The van der Waals surface area contributed by atoms with Crippen LogP contribution in [0.3, 0.4) is 0 Å². The fourth-order valence-electron chi connectivity index (χ4n) is 2.35. The van der Waals surface area contributed by atoms with Crippen LogP contribution in [0.1, 0.15) is 36.6 Å². The summed E-state index contributed by atoms with van der Waals surface area (Å²) in [7, 11) is 1.30. The molecule has 2 amide bonds. The van der Waals surface area contributed by atoms with Crippen LogP contribution in [0.25, 0.3) is 0 Å².